The van der Waals surface area contributed by atoms with E-state index in [2.05, 4.69) is 10.1 Å². The Kier molecular flexibility index (Phi) is 5.53. The number of aryl methyl sites for hydroxylation is 2. The molecule has 0 aromatic heterocycles. The first kappa shape index (κ1) is 19.4. The number of amides is 1. The Morgan fingerprint density at radius 3 is 2.32 bits per heavy atom. The van der Waals surface area contributed by atoms with E-state index in [4.69, 9.17) is 0 Å². The highest BCUT2D eigenvalue weighted by molar-refractivity contribution is 7.89. The van der Waals surface area contributed by atoms with Gasteiger partial charge in [-0.15, -0.1) is 0 Å². The van der Waals surface area contributed by atoms with Crippen LogP contribution in [0, 0.1) is 27.7 Å². The molecule has 1 N–H and O–H groups in total. The molecule has 1 aromatic rings. The molecule has 1 saturated heterocycles. The fraction of sp³-hybridized carbons (Fsp3) is 0.529. The maximum atomic E-state index is 13.4. The third-order valence-corrected chi connectivity index (χ3v) is 6.92. The standard InChI is InChI=1S/C17H24N2O5S/c1-10-8-11(2)13(4)16(12(10)3)25(22,23)19-7-6-18-17(21)14(19)9-15(20)24-5/h8,14H,6-7,9H2,1-5H3,(H,18,21). The van der Waals surface area contributed by atoms with Gasteiger partial charge in [0.05, 0.1) is 18.4 Å². The van der Waals surface area contributed by atoms with Gasteiger partial charge in [0.2, 0.25) is 15.9 Å². The third-order valence-electron chi connectivity index (χ3n) is 4.73. The third kappa shape index (κ3) is 3.55. The smallest absolute Gasteiger partial charge is 0.307 e. The first-order chi connectivity index (χ1) is 11.6. The molecule has 1 amide bonds. The zero-order valence-corrected chi connectivity index (χ0v) is 16.0. The van der Waals surface area contributed by atoms with Crippen LogP contribution < -0.4 is 5.32 Å². The molecule has 25 heavy (non-hydrogen) atoms. The summed E-state index contributed by atoms with van der Waals surface area (Å²) in [5.41, 5.74) is 3.05. The minimum absolute atomic E-state index is 0.113. The number of carbonyl (C=O) groups excluding carboxylic acids is 2. The summed E-state index contributed by atoms with van der Waals surface area (Å²) in [4.78, 5) is 24.1. The Bertz CT molecular complexity index is 791. The average molecular weight is 368 g/mol. The summed E-state index contributed by atoms with van der Waals surface area (Å²) in [6.07, 6.45) is -0.315. The summed E-state index contributed by atoms with van der Waals surface area (Å²) in [7, 11) is -2.73. The van der Waals surface area contributed by atoms with Gasteiger partial charge in [0, 0.05) is 13.1 Å². The van der Waals surface area contributed by atoms with Crippen LogP contribution in [0.4, 0.5) is 0 Å². The molecule has 1 atom stereocenters. The molecule has 1 aliphatic heterocycles. The van der Waals surface area contributed by atoms with Crippen LogP contribution in [0.15, 0.2) is 11.0 Å². The summed E-state index contributed by atoms with van der Waals surface area (Å²) < 4.78 is 32.4. The van der Waals surface area contributed by atoms with E-state index < -0.39 is 27.9 Å². The number of sulfonamides is 1. The zero-order chi connectivity index (χ0) is 18.9. The van der Waals surface area contributed by atoms with E-state index in [1.807, 2.05) is 19.9 Å². The lowest BCUT2D eigenvalue weighted by atomic mass is 10.0. The van der Waals surface area contributed by atoms with Gasteiger partial charge in [-0.2, -0.15) is 4.31 Å². The molecule has 0 spiro atoms. The number of hydrogen-bond acceptors (Lipinski definition) is 5. The molecule has 138 valence electrons. The maximum absolute atomic E-state index is 13.4. The molecule has 1 heterocycles. The number of benzene rings is 1. The highest BCUT2D eigenvalue weighted by Crippen LogP contribution is 2.30. The molecule has 1 fully saturated rings. The lowest BCUT2D eigenvalue weighted by molar-refractivity contribution is -0.144. The predicted octanol–water partition coefficient (Wildman–Crippen LogP) is 0.972. The number of hydrogen-bond donors (Lipinski definition) is 1. The quantitative estimate of drug-likeness (QED) is 0.800. The summed E-state index contributed by atoms with van der Waals surface area (Å²) >= 11 is 0. The van der Waals surface area contributed by atoms with E-state index in [0.29, 0.717) is 11.1 Å². The molecule has 0 bridgehead atoms. The van der Waals surface area contributed by atoms with Crippen molar-refractivity contribution in [3.8, 4) is 0 Å². The molecule has 1 aromatic carbocycles. The number of esters is 1. The van der Waals surface area contributed by atoms with Crippen molar-refractivity contribution in [2.24, 2.45) is 0 Å². The number of carbonyl (C=O) groups is 2. The van der Waals surface area contributed by atoms with E-state index in [9.17, 15) is 18.0 Å². The SMILES string of the molecule is COC(=O)CC1C(=O)NCCN1S(=O)(=O)c1c(C)c(C)cc(C)c1C. The summed E-state index contributed by atoms with van der Waals surface area (Å²) in [6, 6.07) is 0.837. The van der Waals surface area contributed by atoms with Crippen molar-refractivity contribution in [1.29, 1.82) is 0 Å². The molecular weight excluding hydrogens is 344 g/mol. The van der Waals surface area contributed by atoms with Crippen LogP contribution in [0.25, 0.3) is 0 Å². The first-order valence-corrected chi connectivity index (χ1v) is 9.49. The van der Waals surface area contributed by atoms with Crippen LogP contribution in [0.3, 0.4) is 0 Å². The molecule has 0 radical (unpaired) electrons. The molecule has 8 heteroatoms. The minimum atomic E-state index is -3.94. The van der Waals surface area contributed by atoms with Gasteiger partial charge >= 0.3 is 5.97 Å². The Balaban J connectivity index is 2.57. The number of piperazine rings is 1. The second-order valence-electron chi connectivity index (χ2n) is 6.29. The molecule has 7 nitrogen and oxygen atoms in total. The van der Waals surface area contributed by atoms with Gasteiger partial charge in [-0.25, -0.2) is 8.42 Å². The minimum Gasteiger partial charge on any atom is -0.469 e. The van der Waals surface area contributed by atoms with E-state index in [1.54, 1.807) is 13.8 Å². The largest absolute Gasteiger partial charge is 0.469 e. The van der Waals surface area contributed by atoms with Crippen molar-refractivity contribution < 1.29 is 22.7 Å². The van der Waals surface area contributed by atoms with Gasteiger partial charge in [0.25, 0.3) is 0 Å². The summed E-state index contributed by atoms with van der Waals surface area (Å²) in [6.45, 7) is 7.55. The van der Waals surface area contributed by atoms with Crippen LogP contribution in [-0.4, -0.2) is 50.8 Å². The Morgan fingerprint density at radius 1 is 1.24 bits per heavy atom. The van der Waals surface area contributed by atoms with Crippen LogP contribution in [0.5, 0.6) is 0 Å². The second kappa shape index (κ2) is 7.13. The van der Waals surface area contributed by atoms with Gasteiger partial charge in [-0.05, 0) is 49.9 Å². The molecular formula is C17H24N2O5S. The fourth-order valence-corrected chi connectivity index (χ4v) is 5.27. The number of ether oxygens (including phenoxy) is 1. The molecule has 2 rings (SSSR count). The van der Waals surface area contributed by atoms with Crippen molar-refractivity contribution in [2.45, 2.75) is 45.1 Å². The predicted molar refractivity (Wildman–Crippen MR) is 92.7 cm³/mol. The Hall–Kier alpha value is -1.93. The van der Waals surface area contributed by atoms with Gasteiger partial charge < -0.3 is 10.1 Å². The Labute approximate surface area is 148 Å². The first-order valence-electron chi connectivity index (χ1n) is 8.05. The van der Waals surface area contributed by atoms with Gasteiger partial charge in [0.15, 0.2) is 0 Å². The van der Waals surface area contributed by atoms with E-state index in [-0.39, 0.29) is 24.4 Å². The highest BCUT2D eigenvalue weighted by Gasteiger charge is 2.41. The van der Waals surface area contributed by atoms with Gasteiger partial charge in [-0.3, -0.25) is 9.59 Å². The van der Waals surface area contributed by atoms with Crippen LogP contribution >= 0.6 is 0 Å². The van der Waals surface area contributed by atoms with Crippen LogP contribution in [0.2, 0.25) is 0 Å². The second-order valence-corrected chi connectivity index (χ2v) is 8.12. The fourth-order valence-electron chi connectivity index (χ4n) is 3.10. The zero-order valence-electron chi connectivity index (χ0n) is 15.2. The van der Waals surface area contributed by atoms with Crippen molar-refractivity contribution in [3.05, 3.63) is 28.3 Å². The summed E-state index contributed by atoms with van der Waals surface area (Å²) in [5, 5.41) is 2.61. The van der Waals surface area contributed by atoms with E-state index in [1.165, 1.54) is 7.11 Å². The molecule has 0 aliphatic carbocycles. The summed E-state index contributed by atoms with van der Waals surface area (Å²) in [5.74, 6) is -1.11. The highest BCUT2D eigenvalue weighted by atomic mass is 32.2. The molecule has 1 unspecified atom stereocenters. The van der Waals surface area contributed by atoms with Crippen molar-refractivity contribution in [3.63, 3.8) is 0 Å². The van der Waals surface area contributed by atoms with Crippen molar-refractivity contribution in [1.82, 2.24) is 9.62 Å². The maximum Gasteiger partial charge on any atom is 0.307 e. The monoisotopic (exact) mass is 368 g/mol. The lowest BCUT2D eigenvalue weighted by Crippen LogP contribution is -2.57. The Morgan fingerprint density at radius 2 is 1.80 bits per heavy atom. The van der Waals surface area contributed by atoms with E-state index in [0.717, 1.165) is 15.4 Å². The molecule has 0 saturated carbocycles. The molecule has 1 aliphatic rings. The normalized spacial score (nSPS) is 18.8. The van der Waals surface area contributed by atoms with Crippen LogP contribution in [0.1, 0.15) is 28.7 Å². The van der Waals surface area contributed by atoms with Crippen molar-refractivity contribution >= 4 is 21.9 Å². The topological polar surface area (TPSA) is 92.8 Å². The number of rotatable bonds is 4. The van der Waals surface area contributed by atoms with Crippen molar-refractivity contribution in [2.75, 3.05) is 20.2 Å². The van der Waals surface area contributed by atoms with E-state index >= 15 is 0 Å². The number of nitrogens with zero attached hydrogens (tertiary/aromatic N) is 1. The lowest BCUT2D eigenvalue weighted by Gasteiger charge is -2.34. The van der Waals surface area contributed by atoms with Crippen LogP contribution in [-0.2, 0) is 24.3 Å². The number of nitrogens with one attached hydrogen (secondary N) is 1. The average Bonchev–Trinajstić information content (AvgIpc) is 2.54. The number of methoxy groups -OCH3 is 1. The van der Waals surface area contributed by atoms with Gasteiger partial charge in [-0.1, -0.05) is 6.07 Å². The van der Waals surface area contributed by atoms with Gasteiger partial charge in [0.1, 0.15) is 6.04 Å².